The van der Waals surface area contributed by atoms with Gasteiger partial charge in [-0.05, 0) is 19.4 Å². The van der Waals surface area contributed by atoms with E-state index in [-0.39, 0.29) is 5.91 Å². The average Bonchev–Trinajstić information content (AvgIpc) is 2.82. The van der Waals surface area contributed by atoms with Gasteiger partial charge in [-0.1, -0.05) is 6.92 Å². The van der Waals surface area contributed by atoms with Crippen LogP contribution in [-0.2, 0) is 6.42 Å². The average molecular weight is 223 g/mol. The zero-order valence-corrected chi connectivity index (χ0v) is 9.69. The van der Waals surface area contributed by atoms with E-state index < -0.39 is 5.60 Å². The molecular formula is C12H17NO3. The lowest BCUT2D eigenvalue weighted by atomic mass is 10.1. The van der Waals surface area contributed by atoms with Crippen molar-refractivity contribution >= 4 is 5.91 Å². The van der Waals surface area contributed by atoms with Gasteiger partial charge >= 0.3 is 0 Å². The van der Waals surface area contributed by atoms with Crippen LogP contribution < -0.4 is 0 Å². The maximum atomic E-state index is 12.1. The third-order valence-corrected chi connectivity index (χ3v) is 3.04. The minimum Gasteiger partial charge on any atom is -0.469 e. The molecule has 1 fully saturated rings. The molecule has 1 unspecified atom stereocenters. The summed E-state index contributed by atoms with van der Waals surface area (Å²) in [5.74, 6) is 0.680. The molecule has 16 heavy (non-hydrogen) atoms. The van der Waals surface area contributed by atoms with E-state index in [4.69, 9.17) is 4.42 Å². The normalized spacial score (nSPS) is 25.1. The molecule has 0 aromatic carbocycles. The van der Waals surface area contributed by atoms with Gasteiger partial charge < -0.3 is 14.4 Å². The molecule has 1 amide bonds. The van der Waals surface area contributed by atoms with Crippen molar-refractivity contribution in [3.8, 4) is 0 Å². The fourth-order valence-electron chi connectivity index (χ4n) is 2.09. The molecule has 1 atom stereocenters. The molecule has 0 saturated carbocycles. The van der Waals surface area contributed by atoms with E-state index in [0.717, 1.165) is 5.76 Å². The highest BCUT2D eigenvalue weighted by Gasteiger charge is 2.35. The lowest BCUT2D eigenvalue weighted by Crippen LogP contribution is -2.34. The second-order valence-corrected chi connectivity index (χ2v) is 4.58. The van der Waals surface area contributed by atoms with Crippen LogP contribution in [0.2, 0.25) is 0 Å². The van der Waals surface area contributed by atoms with Gasteiger partial charge in [-0.2, -0.15) is 0 Å². The van der Waals surface area contributed by atoms with Crippen molar-refractivity contribution in [1.82, 2.24) is 4.90 Å². The molecule has 2 heterocycles. The lowest BCUT2D eigenvalue weighted by molar-refractivity contribution is 0.0571. The number of furan rings is 1. The number of carbonyl (C=O) groups is 1. The molecule has 0 spiro atoms. The quantitative estimate of drug-likeness (QED) is 0.825. The molecular weight excluding hydrogens is 206 g/mol. The summed E-state index contributed by atoms with van der Waals surface area (Å²) in [6, 6.07) is 1.70. The summed E-state index contributed by atoms with van der Waals surface area (Å²) >= 11 is 0. The second kappa shape index (κ2) is 3.94. The van der Waals surface area contributed by atoms with Crippen molar-refractivity contribution in [2.24, 2.45) is 0 Å². The van der Waals surface area contributed by atoms with Crippen molar-refractivity contribution in [1.29, 1.82) is 0 Å². The molecule has 1 aromatic rings. The molecule has 0 radical (unpaired) electrons. The van der Waals surface area contributed by atoms with Crippen LogP contribution >= 0.6 is 0 Å². The standard InChI is InChI=1S/C12H17NO3/c1-3-10-9(4-7-16-10)11(14)13-6-5-12(2,15)8-13/h4,7,15H,3,5-6,8H2,1-2H3. The molecule has 2 rings (SSSR count). The van der Waals surface area contributed by atoms with Crippen LogP contribution in [0.1, 0.15) is 36.4 Å². The largest absolute Gasteiger partial charge is 0.469 e. The summed E-state index contributed by atoms with van der Waals surface area (Å²) < 4.78 is 5.24. The molecule has 1 aliphatic heterocycles. The van der Waals surface area contributed by atoms with Gasteiger partial charge in [0.25, 0.3) is 5.91 Å². The van der Waals surface area contributed by atoms with Crippen LogP contribution in [0.3, 0.4) is 0 Å². The zero-order chi connectivity index (χ0) is 11.8. The van der Waals surface area contributed by atoms with E-state index in [2.05, 4.69) is 0 Å². The van der Waals surface area contributed by atoms with Gasteiger partial charge in [0.1, 0.15) is 5.76 Å². The van der Waals surface area contributed by atoms with E-state index in [9.17, 15) is 9.90 Å². The van der Waals surface area contributed by atoms with Gasteiger partial charge in [0.05, 0.1) is 17.4 Å². The summed E-state index contributed by atoms with van der Waals surface area (Å²) in [4.78, 5) is 13.8. The summed E-state index contributed by atoms with van der Waals surface area (Å²) in [6.07, 6.45) is 2.89. The van der Waals surface area contributed by atoms with Gasteiger partial charge in [0, 0.05) is 19.5 Å². The van der Waals surface area contributed by atoms with Crippen LogP contribution in [0.25, 0.3) is 0 Å². The van der Waals surface area contributed by atoms with Crippen molar-refractivity contribution < 1.29 is 14.3 Å². The van der Waals surface area contributed by atoms with Crippen LogP contribution in [0.5, 0.6) is 0 Å². The molecule has 1 saturated heterocycles. The second-order valence-electron chi connectivity index (χ2n) is 4.58. The van der Waals surface area contributed by atoms with Gasteiger partial charge in [-0.25, -0.2) is 0 Å². The first-order valence-corrected chi connectivity index (χ1v) is 5.61. The summed E-state index contributed by atoms with van der Waals surface area (Å²) in [7, 11) is 0. The number of rotatable bonds is 2. The number of aryl methyl sites for hydroxylation is 1. The summed E-state index contributed by atoms with van der Waals surface area (Å²) in [5.41, 5.74) is -0.119. The van der Waals surface area contributed by atoms with E-state index in [1.165, 1.54) is 0 Å². The molecule has 1 aromatic heterocycles. The van der Waals surface area contributed by atoms with Crippen LogP contribution in [0, 0.1) is 0 Å². The molecule has 1 N–H and O–H groups in total. The number of β-amino-alcohol motifs (C(OH)–C–C–N with tert-alkyl or cyclic N) is 1. The highest BCUT2D eigenvalue weighted by molar-refractivity contribution is 5.95. The highest BCUT2D eigenvalue weighted by Crippen LogP contribution is 2.23. The summed E-state index contributed by atoms with van der Waals surface area (Å²) in [5, 5.41) is 9.82. The number of aliphatic hydroxyl groups is 1. The van der Waals surface area contributed by atoms with Gasteiger partial charge in [-0.3, -0.25) is 4.79 Å². The number of amides is 1. The number of hydrogen-bond donors (Lipinski definition) is 1. The third kappa shape index (κ3) is 1.97. The number of carbonyl (C=O) groups excluding carboxylic acids is 1. The minimum atomic E-state index is -0.744. The first-order chi connectivity index (χ1) is 7.53. The van der Waals surface area contributed by atoms with Crippen LogP contribution in [0.4, 0.5) is 0 Å². The van der Waals surface area contributed by atoms with E-state index in [1.807, 2.05) is 6.92 Å². The minimum absolute atomic E-state index is 0.0385. The lowest BCUT2D eigenvalue weighted by Gasteiger charge is -2.18. The Labute approximate surface area is 94.9 Å². The number of hydrogen-bond acceptors (Lipinski definition) is 3. The van der Waals surface area contributed by atoms with Crippen molar-refractivity contribution in [3.63, 3.8) is 0 Å². The Bertz CT molecular complexity index is 395. The summed E-state index contributed by atoms with van der Waals surface area (Å²) in [6.45, 7) is 4.73. The van der Waals surface area contributed by atoms with Crippen molar-refractivity contribution in [2.75, 3.05) is 13.1 Å². The number of likely N-dealkylation sites (tertiary alicyclic amines) is 1. The maximum absolute atomic E-state index is 12.1. The molecule has 88 valence electrons. The molecule has 4 heteroatoms. The SMILES string of the molecule is CCc1occc1C(=O)N1CCC(C)(O)C1. The Morgan fingerprint density at radius 1 is 1.69 bits per heavy atom. The predicted molar refractivity (Wildman–Crippen MR) is 59.2 cm³/mol. The molecule has 1 aliphatic rings. The highest BCUT2D eigenvalue weighted by atomic mass is 16.3. The van der Waals surface area contributed by atoms with E-state index in [0.29, 0.717) is 31.5 Å². The Kier molecular flexibility index (Phi) is 2.76. The van der Waals surface area contributed by atoms with Crippen LogP contribution in [0.15, 0.2) is 16.7 Å². The fraction of sp³-hybridized carbons (Fsp3) is 0.583. The van der Waals surface area contributed by atoms with Gasteiger partial charge in [-0.15, -0.1) is 0 Å². The Hall–Kier alpha value is -1.29. The molecule has 0 bridgehead atoms. The smallest absolute Gasteiger partial charge is 0.257 e. The Balaban J connectivity index is 2.15. The fourth-order valence-corrected chi connectivity index (χ4v) is 2.09. The van der Waals surface area contributed by atoms with Crippen molar-refractivity contribution in [2.45, 2.75) is 32.3 Å². The van der Waals surface area contributed by atoms with E-state index >= 15 is 0 Å². The molecule has 0 aliphatic carbocycles. The first kappa shape index (κ1) is 11.2. The van der Waals surface area contributed by atoms with Crippen molar-refractivity contribution in [3.05, 3.63) is 23.7 Å². The Morgan fingerprint density at radius 2 is 2.44 bits per heavy atom. The monoisotopic (exact) mass is 223 g/mol. The maximum Gasteiger partial charge on any atom is 0.257 e. The van der Waals surface area contributed by atoms with Gasteiger partial charge in [0.15, 0.2) is 0 Å². The third-order valence-electron chi connectivity index (χ3n) is 3.04. The Morgan fingerprint density at radius 3 is 3.00 bits per heavy atom. The predicted octanol–water partition coefficient (Wildman–Crippen LogP) is 1.44. The van der Waals surface area contributed by atoms with E-state index in [1.54, 1.807) is 24.2 Å². The zero-order valence-electron chi connectivity index (χ0n) is 9.69. The molecule has 4 nitrogen and oxygen atoms in total. The topological polar surface area (TPSA) is 53.7 Å². The number of nitrogens with zero attached hydrogens (tertiary/aromatic N) is 1. The van der Waals surface area contributed by atoms with Gasteiger partial charge in [0.2, 0.25) is 0 Å². The van der Waals surface area contributed by atoms with Crippen LogP contribution in [-0.4, -0.2) is 34.6 Å². The first-order valence-electron chi connectivity index (χ1n) is 5.61.